The van der Waals surface area contributed by atoms with Crippen LogP contribution in [0, 0.1) is 11.3 Å². The van der Waals surface area contributed by atoms with E-state index in [2.05, 4.69) is 11.9 Å². The van der Waals surface area contributed by atoms with E-state index in [9.17, 15) is 0 Å². The summed E-state index contributed by atoms with van der Waals surface area (Å²) < 4.78 is 0. The predicted octanol–water partition coefficient (Wildman–Crippen LogP) is 0.471. The number of aromatic nitrogens is 1. The lowest BCUT2D eigenvalue weighted by atomic mass is 9.81. The molecule has 2 heterocycles. The molecule has 2 atom stereocenters. The van der Waals surface area contributed by atoms with Crippen molar-refractivity contribution in [2.45, 2.75) is 18.9 Å². The third kappa shape index (κ3) is 1.98. The molecule has 92 valence electrons. The number of nitrogens with two attached hydrogens (primary N) is 2. The Hall–Kier alpha value is -1.62. The van der Waals surface area contributed by atoms with Crippen LogP contribution < -0.4 is 11.5 Å². The molecule has 5 nitrogen and oxygen atoms in total. The SMILES string of the molecule is CCC1CN(C(=N)N)CC1(N)c1cccnc1. The Morgan fingerprint density at radius 3 is 3.00 bits per heavy atom. The topological polar surface area (TPSA) is 92.0 Å². The highest BCUT2D eigenvalue weighted by atomic mass is 15.3. The van der Waals surface area contributed by atoms with Gasteiger partial charge in [0.2, 0.25) is 0 Å². The van der Waals surface area contributed by atoms with Gasteiger partial charge in [-0.05, 0) is 18.1 Å². The summed E-state index contributed by atoms with van der Waals surface area (Å²) in [6, 6.07) is 3.90. The molecule has 5 heteroatoms. The van der Waals surface area contributed by atoms with Gasteiger partial charge in [-0.15, -0.1) is 0 Å². The zero-order valence-corrected chi connectivity index (χ0v) is 10.1. The van der Waals surface area contributed by atoms with Crippen LogP contribution in [0.4, 0.5) is 0 Å². The minimum Gasteiger partial charge on any atom is -0.370 e. The van der Waals surface area contributed by atoms with E-state index < -0.39 is 5.54 Å². The molecule has 0 bridgehead atoms. The molecule has 0 spiro atoms. The fourth-order valence-corrected chi connectivity index (χ4v) is 2.58. The quantitative estimate of drug-likeness (QED) is 0.511. The molecule has 0 amide bonds. The van der Waals surface area contributed by atoms with E-state index in [4.69, 9.17) is 16.9 Å². The number of hydrogen-bond acceptors (Lipinski definition) is 3. The molecule has 2 rings (SSSR count). The van der Waals surface area contributed by atoms with Crippen molar-refractivity contribution in [3.8, 4) is 0 Å². The fraction of sp³-hybridized carbons (Fsp3) is 0.500. The first-order valence-corrected chi connectivity index (χ1v) is 5.86. The van der Waals surface area contributed by atoms with Gasteiger partial charge >= 0.3 is 0 Å². The molecule has 1 saturated heterocycles. The van der Waals surface area contributed by atoms with Crippen LogP contribution in [0.5, 0.6) is 0 Å². The molecular weight excluding hydrogens is 214 g/mol. The summed E-state index contributed by atoms with van der Waals surface area (Å²) in [5.74, 6) is 0.398. The summed E-state index contributed by atoms with van der Waals surface area (Å²) in [6.45, 7) is 3.45. The monoisotopic (exact) mass is 233 g/mol. The normalized spacial score (nSPS) is 28.4. The lowest BCUT2D eigenvalue weighted by molar-refractivity contribution is 0.343. The highest BCUT2D eigenvalue weighted by Crippen LogP contribution is 2.35. The van der Waals surface area contributed by atoms with Crippen LogP contribution in [-0.4, -0.2) is 28.9 Å². The zero-order valence-electron chi connectivity index (χ0n) is 10.1. The van der Waals surface area contributed by atoms with E-state index in [1.54, 1.807) is 6.20 Å². The summed E-state index contributed by atoms with van der Waals surface area (Å²) >= 11 is 0. The Morgan fingerprint density at radius 2 is 2.47 bits per heavy atom. The van der Waals surface area contributed by atoms with Gasteiger partial charge in [-0.3, -0.25) is 10.4 Å². The maximum atomic E-state index is 7.53. The van der Waals surface area contributed by atoms with Crippen molar-refractivity contribution in [2.24, 2.45) is 17.4 Å². The van der Waals surface area contributed by atoms with Gasteiger partial charge in [0.1, 0.15) is 0 Å². The molecule has 1 fully saturated rings. The highest BCUT2D eigenvalue weighted by Gasteiger charge is 2.44. The van der Waals surface area contributed by atoms with Gasteiger partial charge in [0.15, 0.2) is 5.96 Å². The number of nitrogens with zero attached hydrogens (tertiary/aromatic N) is 2. The van der Waals surface area contributed by atoms with Crippen LogP contribution in [0.25, 0.3) is 0 Å². The van der Waals surface area contributed by atoms with E-state index in [0.717, 1.165) is 18.5 Å². The van der Waals surface area contributed by atoms with E-state index in [1.165, 1.54) is 0 Å². The van der Waals surface area contributed by atoms with Crippen molar-refractivity contribution >= 4 is 5.96 Å². The minimum absolute atomic E-state index is 0.0969. The van der Waals surface area contributed by atoms with Gasteiger partial charge in [0.25, 0.3) is 0 Å². The predicted molar refractivity (Wildman–Crippen MR) is 67.4 cm³/mol. The van der Waals surface area contributed by atoms with Gasteiger partial charge in [-0.25, -0.2) is 0 Å². The van der Waals surface area contributed by atoms with Gasteiger partial charge in [0.05, 0.1) is 5.54 Å². The fourth-order valence-electron chi connectivity index (χ4n) is 2.58. The van der Waals surface area contributed by atoms with Crippen molar-refractivity contribution in [3.63, 3.8) is 0 Å². The first-order chi connectivity index (χ1) is 8.08. The third-order valence-electron chi connectivity index (χ3n) is 3.65. The number of nitrogens with one attached hydrogen (secondary N) is 1. The maximum Gasteiger partial charge on any atom is 0.188 e. The van der Waals surface area contributed by atoms with Gasteiger partial charge in [0, 0.05) is 31.4 Å². The van der Waals surface area contributed by atoms with Gasteiger partial charge < -0.3 is 16.4 Å². The summed E-state index contributed by atoms with van der Waals surface area (Å²) in [5.41, 5.74) is 12.7. The zero-order chi connectivity index (χ0) is 12.5. The molecule has 1 aliphatic rings. The second kappa shape index (κ2) is 4.33. The summed E-state index contributed by atoms with van der Waals surface area (Å²) in [4.78, 5) is 5.96. The molecule has 1 aromatic rings. The Bertz CT molecular complexity index is 405. The number of likely N-dealkylation sites (tertiary alicyclic amines) is 1. The first-order valence-electron chi connectivity index (χ1n) is 5.86. The first kappa shape index (κ1) is 11.9. The van der Waals surface area contributed by atoms with Crippen molar-refractivity contribution in [2.75, 3.05) is 13.1 Å². The van der Waals surface area contributed by atoms with E-state index in [-0.39, 0.29) is 5.96 Å². The average Bonchev–Trinajstić information content (AvgIpc) is 2.69. The van der Waals surface area contributed by atoms with Crippen LogP contribution in [0.3, 0.4) is 0 Å². The Balaban J connectivity index is 2.32. The van der Waals surface area contributed by atoms with Gasteiger partial charge in [-0.2, -0.15) is 0 Å². The number of rotatable bonds is 2. The molecule has 0 radical (unpaired) electrons. The average molecular weight is 233 g/mol. The Morgan fingerprint density at radius 1 is 1.71 bits per heavy atom. The van der Waals surface area contributed by atoms with Crippen LogP contribution >= 0.6 is 0 Å². The molecule has 0 aliphatic carbocycles. The summed E-state index contributed by atoms with van der Waals surface area (Å²) in [6.07, 6.45) is 4.52. The van der Waals surface area contributed by atoms with Crippen molar-refractivity contribution in [1.29, 1.82) is 5.41 Å². The van der Waals surface area contributed by atoms with Crippen LogP contribution in [0.1, 0.15) is 18.9 Å². The number of hydrogen-bond donors (Lipinski definition) is 3. The number of guanidine groups is 1. The standard InChI is InChI=1S/C12H19N5/c1-2-9-7-17(11(13)14)8-12(9,15)10-4-3-5-16-6-10/h3-6,9H,2,7-8,15H2,1H3,(H3,13,14). The molecule has 1 aromatic heterocycles. The Labute approximate surface area is 101 Å². The largest absolute Gasteiger partial charge is 0.370 e. The van der Waals surface area contributed by atoms with Crippen LogP contribution in [0.15, 0.2) is 24.5 Å². The molecular formula is C12H19N5. The van der Waals surface area contributed by atoms with E-state index >= 15 is 0 Å². The lowest BCUT2D eigenvalue weighted by Gasteiger charge is -2.29. The minimum atomic E-state index is -0.450. The van der Waals surface area contributed by atoms with Crippen LogP contribution in [-0.2, 0) is 5.54 Å². The molecule has 17 heavy (non-hydrogen) atoms. The van der Waals surface area contributed by atoms with Gasteiger partial charge in [-0.1, -0.05) is 13.0 Å². The summed E-state index contributed by atoms with van der Waals surface area (Å²) in [5, 5.41) is 7.53. The van der Waals surface area contributed by atoms with Crippen molar-refractivity contribution < 1.29 is 0 Å². The lowest BCUT2D eigenvalue weighted by Crippen LogP contribution is -2.45. The number of pyridine rings is 1. The molecule has 2 unspecified atom stereocenters. The van der Waals surface area contributed by atoms with E-state index in [0.29, 0.717) is 12.5 Å². The highest BCUT2D eigenvalue weighted by molar-refractivity contribution is 5.75. The maximum absolute atomic E-state index is 7.53. The van der Waals surface area contributed by atoms with E-state index in [1.807, 2.05) is 23.2 Å². The van der Waals surface area contributed by atoms with Crippen molar-refractivity contribution in [3.05, 3.63) is 30.1 Å². The molecule has 0 aromatic carbocycles. The second-order valence-corrected chi connectivity index (χ2v) is 4.65. The summed E-state index contributed by atoms with van der Waals surface area (Å²) in [7, 11) is 0. The second-order valence-electron chi connectivity index (χ2n) is 4.65. The van der Waals surface area contributed by atoms with Crippen LogP contribution in [0.2, 0.25) is 0 Å². The molecule has 1 aliphatic heterocycles. The van der Waals surface area contributed by atoms with Crippen molar-refractivity contribution in [1.82, 2.24) is 9.88 Å². The molecule has 5 N–H and O–H groups in total. The Kier molecular flexibility index (Phi) is 3.02. The third-order valence-corrected chi connectivity index (χ3v) is 3.65. The molecule has 0 saturated carbocycles. The smallest absolute Gasteiger partial charge is 0.188 e.